The van der Waals surface area contributed by atoms with Crippen molar-refractivity contribution in [1.82, 2.24) is 4.98 Å². The van der Waals surface area contributed by atoms with Crippen LogP contribution in [0.25, 0.3) is 11.1 Å². The molecule has 5 nitrogen and oxygen atoms in total. The predicted octanol–water partition coefficient (Wildman–Crippen LogP) is 4.63. The van der Waals surface area contributed by atoms with Crippen LogP contribution in [-0.2, 0) is 0 Å². The monoisotopic (exact) mass is 368 g/mol. The zero-order valence-corrected chi connectivity index (χ0v) is 14.2. The SMILES string of the molecule is Cc1cc2c(cc1-c1ccc(NC(=O)c3ccccc3)nc1)OC(F)(F)O2. The molecule has 1 aliphatic heterocycles. The number of benzene rings is 2. The van der Waals surface area contributed by atoms with E-state index in [0.717, 1.165) is 5.56 Å². The van der Waals surface area contributed by atoms with Gasteiger partial charge < -0.3 is 14.8 Å². The van der Waals surface area contributed by atoms with Gasteiger partial charge in [-0.2, -0.15) is 0 Å². The molecule has 0 bridgehead atoms. The third kappa shape index (κ3) is 3.44. The number of pyridine rings is 1. The van der Waals surface area contributed by atoms with Crippen LogP contribution in [-0.4, -0.2) is 17.2 Å². The Bertz CT molecular complexity index is 1010. The van der Waals surface area contributed by atoms with Crippen molar-refractivity contribution < 1.29 is 23.0 Å². The lowest BCUT2D eigenvalue weighted by molar-refractivity contribution is -0.286. The number of aromatic nitrogens is 1. The molecular weight excluding hydrogens is 354 g/mol. The van der Waals surface area contributed by atoms with Crippen LogP contribution >= 0.6 is 0 Å². The summed E-state index contributed by atoms with van der Waals surface area (Å²) in [6, 6.07) is 15.2. The van der Waals surface area contributed by atoms with Crippen molar-refractivity contribution in [1.29, 1.82) is 0 Å². The van der Waals surface area contributed by atoms with Crippen LogP contribution < -0.4 is 14.8 Å². The Labute approximate surface area is 153 Å². The van der Waals surface area contributed by atoms with Gasteiger partial charge in [0.05, 0.1) is 0 Å². The van der Waals surface area contributed by atoms with Gasteiger partial charge in [-0.15, -0.1) is 8.78 Å². The summed E-state index contributed by atoms with van der Waals surface area (Å²) in [4.78, 5) is 16.4. The number of fused-ring (bicyclic) bond motifs is 1. The Balaban J connectivity index is 1.56. The molecule has 136 valence electrons. The van der Waals surface area contributed by atoms with Gasteiger partial charge in [-0.1, -0.05) is 18.2 Å². The molecule has 0 aliphatic carbocycles. The quantitative estimate of drug-likeness (QED) is 0.732. The largest absolute Gasteiger partial charge is 0.586 e. The van der Waals surface area contributed by atoms with E-state index in [1.807, 2.05) is 6.07 Å². The molecule has 1 N–H and O–H groups in total. The average molecular weight is 368 g/mol. The summed E-state index contributed by atoms with van der Waals surface area (Å²) in [5, 5.41) is 2.71. The molecule has 1 aromatic heterocycles. The molecule has 0 spiro atoms. The number of ether oxygens (including phenoxy) is 2. The van der Waals surface area contributed by atoms with E-state index >= 15 is 0 Å². The molecule has 0 unspecified atom stereocenters. The van der Waals surface area contributed by atoms with E-state index in [-0.39, 0.29) is 17.4 Å². The number of carbonyl (C=O) groups excluding carboxylic acids is 1. The molecule has 7 heteroatoms. The second-order valence-corrected chi connectivity index (χ2v) is 6.03. The molecule has 0 saturated carbocycles. The van der Waals surface area contributed by atoms with Crippen LogP contribution in [0.15, 0.2) is 60.8 Å². The summed E-state index contributed by atoms with van der Waals surface area (Å²) in [5.74, 6) is 0.0953. The summed E-state index contributed by atoms with van der Waals surface area (Å²) in [7, 11) is 0. The number of nitrogens with one attached hydrogen (secondary N) is 1. The highest BCUT2D eigenvalue weighted by atomic mass is 19.3. The van der Waals surface area contributed by atoms with Gasteiger partial charge in [0.25, 0.3) is 5.91 Å². The van der Waals surface area contributed by atoms with Crippen molar-refractivity contribution in [3.8, 4) is 22.6 Å². The van der Waals surface area contributed by atoms with Crippen LogP contribution in [0.5, 0.6) is 11.5 Å². The molecule has 0 saturated heterocycles. The maximum atomic E-state index is 13.2. The van der Waals surface area contributed by atoms with Gasteiger partial charge >= 0.3 is 6.29 Å². The number of anilines is 1. The number of halogens is 2. The fourth-order valence-corrected chi connectivity index (χ4v) is 2.81. The number of aryl methyl sites for hydroxylation is 1. The summed E-state index contributed by atoms with van der Waals surface area (Å²) in [6.07, 6.45) is -2.10. The number of rotatable bonds is 3. The smallest absolute Gasteiger partial charge is 0.395 e. The van der Waals surface area contributed by atoms with Crippen LogP contribution in [0, 0.1) is 6.92 Å². The molecule has 2 heterocycles. The molecule has 4 rings (SSSR count). The van der Waals surface area contributed by atoms with Gasteiger partial charge in [-0.25, -0.2) is 4.98 Å². The Morgan fingerprint density at radius 3 is 2.41 bits per heavy atom. The fraction of sp³-hybridized carbons (Fsp3) is 0.100. The van der Waals surface area contributed by atoms with Crippen LogP contribution in [0.3, 0.4) is 0 Å². The van der Waals surface area contributed by atoms with Crippen molar-refractivity contribution >= 4 is 11.7 Å². The highest BCUT2D eigenvalue weighted by Crippen LogP contribution is 2.44. The zero-order chi connectivity index (χ0) is 19.0. The molecule has 2 aromatic carbocycles. The topological polar surface area (TPSA) is 60.5 Å². The zero-order valence-electron chi connectivity index (χ0n) is 14.2. The van der Waals surface area contributed by atoms with Gasteiger partial charge in [-0.05, 0) is 54.4 Å². The number of hydrogen-bond donors (Lipinski definition) is 1. The van der Waals surface area contributed by atoms with Crippen molar-refractivity contribution in [3.05, 3.63) is 71.9 Å². The molecule has 27 heavy (non-hydrogen) atoms. The summed E-state index contributed by atoms with van der Waals surface area (Å²) in [5.41, 5.74) is 2.64. The van der Waals surface area contributed by atoms with Gasteiger partial charge in [-0.3, -0.25) is 4.79 Å². The normalized spacial score (nSPS) is 14.0. The third-order valence-corrected chi connectivity index (χ3v) is 4.10. The van der Waals surface area contributed by atoms with Crippen molar-refractivity contribution in [2.45, 2.75) is 13.2 Å². The van der Waals surface area contributed by atoms with E-state index in [0.29, 0.717) is 22.5 Å². The Morgan fingerprint density at radius 1 is 1.04 bits per heavy atom. The van der Waals surface area contributed by atoms with Crippen LogP contribution in [0.2, 0.25) is 0 Å². The van der Waals surface area contributed by atoms with Gasteiger partial charge in [0.15, 0.2) is 11.5 Å². The van der Waals surface area contributed by atoms with E-state index in [9.17, 15) is 13.6 Å². The first-order valence-corrected chi connectivity index (χ1v) is 8.15. The predicted molar refractivity (Wildman–Crippen MR) is 95.0 cm³/mol. The summed E-state index contributed by atoms with van der Waals surface area (Å²) < 4.78 is 35.4. The van der Waals surface area contributed by atoms with Gasteiger partial charge in [0.1, 0.15) is 5.82 Å². The van der Waals surface area contributed by atoms with E-state index in [1.165, 1.54) is 12.1 Å². The lowest BCUT2D eigenvalue weighted by Gasteiger charge is -2.09. The first-order chi connectivity index (χ1) is 12.9. The Kier molecular flexibility index (Phi) is 3.99. The number of alkyl halides is 2. The maximum absolute atomic E-state index is 13.2. The Hall–Kier alpha value is -3.48. The molecule has 0 atom stereocenters. The van der Waals surface area contributed by atoms with Crippen LogP contribution in [0.4, 0.5) is 14.6 Å². The lowest BCUT2D eigenvalue weighted by atomic mass is 10.0. The van der Waals surface area contributed by atoms with Gasteiger partial charge in [0, 0.05) is 17.3 Å². The minimum absolute atomic E-state index is 0.000883. The van der Waals surface area contributed by atoms with E-state index in [4.69, 9.17) is 0 Å². The first kappa shape index (κ1) is 17.0. The molecule has 3 aromatic rings. The van der Waals surface area contributed by atoms with Crippen molar-refractivity contribution in [2.24, 2.45) is 0 Å². The fourth-order valence-electron chi connectivity index (χ4n) is 2.81. The first-order valence-electron chi connectivity index (χ1n) is 8.15. The molecular formula is C20H14F2N2O3. The van der Waals surface area contributed by atoms with E-state index < -0.39 is 6.29 Å². The average Bonchev–Trinajstić information content (AvgIpc) is 2.95. The lowest BCUT2D eigenvalue weighted by Crippen LogP contribution is -2.25. The van der Waals surface area contributed by atoms with Gasteiger partial charge in [0.2, 0.25) is 0 Å². The second-order valence-electron chi connectivity index (χ2n) is 6.03. The number of nitrogens with zero attached hydrogens (tertiary/aromatic N) is 1. The highest BCUT2D eigenvalue weighted by Gasteiger charge is 2.43. The highest BCUT2D eigenvalue weighted by molar-refractivity contribution is 6.03. The van der Waals surface area contributed by atoms with Crippen molar-refractivity contribution in [2.75, 3.05) is 5.32 Å². The minimum atomic E-state index is -3.66. The third-order valence-electron chi connectivity index (χ3n) is 4.10. The van der Waals surface area contributed by atoms with E-state index in [1.54, 1.807) is 49.5 Å². The molecule has 1 amide bonds. The standard InChI is InChI=1S/C20H14F2N2O3/c1-12-9-16-17(27-20(21,22)26-16)10-15(12)14-7-8-18(23-11-14)24-19(25)13-5-3-2-4-6-13/h2-11H,1H3,(H,23,24,25). The van der Waals surface area contributed by atoms with Crippen LogP contribution in [0.1, 0.15) is 15.9 Å². The second kappa shape index (κ2) is 6.35. The Morgan fingerprint density at radius 2 is 1.74 bits per heavy atom. The number of carbonyl (C=O) groups is 1. The van der Waals surface area contributed by atoms with Crippen molar-refractivity contribution in [3.63, 3.8) is 0 Å². The number of hydrogen-bond acceptors (Lipinski definition) is 4. The summed E-state index contributed by atoms with van der Waals surface area (Å²) in [6.45, 7) is 1.78. The minimum Gasteiger partial charge on any atom is -0.395 e. The molecule has 0 radical (unpaired) electrons. The van der Waals surface area contributed by atoms with E-state index in [2.05, 4.69) is 19.8 Å². The maximum Gasteiger partial charge on any atom is 0.586 e. The molecule has 1 aliphatic rings. The number of amides is 1. The molecule has 0 fully saturated rings. The summed E-state index contributed by atoms with van der Waals surface area (Å²) >= 11 is 0.